The number of fused-ring (bicyclic) bond motifs is 2. The van der Waals surface area contributed by atoms with Crippen molar-refractivity contribution in [2.75, 3.05) is 13.1 Å². The number of esters is 1. The number of piperidine rings is 1. The minimum atomic E-state index is -0.921. The lowest BCUT2D eigenvalue weighted by molar-refractivity contribution is -0.175. The van der Waals surface area contributed by atoms with Crippen LogP contribution in [0.15, 0.2) is 0 Å². The van der Waals surface area contributed by atoms with Gasteiger partial charge in [-0.1, -0.05) is 20.8 Å². The topological polar surface area (TPSA) is 46.6 Å². The lowest BCUT2D eigenvalue weighted by Gasteiger charge is -2.41. The van der Waals surface area contributed by atoms with Gasteiger partial charge in [-0.2, -0.15) is 0 Å². The van der Waals surface area contributed by atoms with Crippen LogP contribution in [0.5, 0.6) is 0 Å². The molecule has 2 heterocycles. The Kier molecular flexibility index (Phi) is 2.77. The molecule has 0 aromatic heterocycles. The van der Waals surface area contributed by atoms with Crippen molar-refractivity contribution >= 4 is 11.9 Å². The Labute approximate surface area is 120 Å². The van der Waals surface area contributed by atoms with E-state index in [2.05, 4.69) is 6.92 Å². The number of carbonyl (C=O) groups excluding carboxylic acids is 2. The highest BCUT2D eigenvalue weighted by Crippen LogP contribution is 2.66. The summed E-state index contributed by atoms with van der Waals surface area (Å²) in [7, 11) is 0. The molecule has 0 aromatic carbocycles. The van der Waals surface area contributed by atoms with Crippen molar-refractivity contribution in [2.24, 2.45) is 16.7 Å². The SMILES string of the molecule is C[C@@H]1CCCN(C(=O)[C@]23CC[C@](C)(C(=O)O2)C3(C)C)C1. The van der Waals surface area contributed by atoms with Gasteiger partial charge in [-0.05, 0) is 38.5 Å². The number of amides is 1. The van der Waals surface area contributed by atoms with Crippen LogP contribution in [0.1, 0.15) is 53.4 Å². The Bertz CT molecular complexity index is 472. The number of rotatable bonds is 1. The molecular weight excluding hydrogens is 254 g/mol. The van der Waals surface area contributed by atoms with Gasteiger partial charge >= 0.3 is 5.97 Å². The van der Waals surface area contributed by atoms with E-state index in [0.29, 0.717) is 12.3 Å². The van der Waals surface area contributed by atoms with E-state index in [1.165, 1.54) is 6.42 Å². The first-order chi connectivity index (χ1) is 9.24. The van der Waals surface area contributed by atoms with Crippen molar-refractivity contribution < 1.29 is 14.3 Å². The fourth-order valence-corrected chi connectivity index (χ4v) is 4.35. The first-order valence-electron chi connectivity index (χ1n) is 7.77. The van der Waals surface area contributed by atoms with Gasteiger partial charge in [0.1, 0.15) is 0 Å². The molecule has 3 rings (SSSR count). The molecule has 4 heteroatoms. The van der Waals surface area contributed by atoms with E-state index in [0.717, 1.165) is 25.9 Å². The molecule has 0 N–H and O–H groups in total. The molecular formula is C16H25NO3. The second kappa shape index (κ2) is 3.99. The highest BCUT2D eigenvalue weighted by atomic mass is 16.6. The molecule has 1 saturated carbocycles. The highest BCUT2D eigenvalue weighted by Gasteiger charge is 2.76. The van der Waals surface area contributed by atoms with Crippen LogP contribution in [0, 0.1) is 16.7 Å². The summed E-state index contributed by atoms with van der Waals surface area (Å²) in [6.07, 6.45) is 3.66. The highest BCUT2D eigenvalue weighted by molar-refractivity contribution is 5.96. The number of carbonyl (C=O) groups is 2. The third kappa shape index (κ3) is 1.43. The summed E-state index contributed by atoms with van der Waals surface area (Å²) in [6, 6.07) is 0. The Balaban J connectivity index is 1.93. The fraction of sp³-hybridized carbons (Fsp3) is 0.875. The second-order valence-corrected chi connectivity index (χ2v) is 7.67. The van der Waals surface area contributed by atoms with E-state index in [9.17, 15) is 9.59 Å². The van der Waals surface area contributed by atoms with Crippen LogP contribution in [0.4, 0.5) is 0 Å². The maximum Gasteiger partial charge on any atom is 0.313 e. The lowest BCUT2D eigenvalue weighted by atomic mass is 9.66. The quantitative estimate of drug-likeness (QED) is 0.692. The third-order valence-electron chi connectivity index (χ3n) is 6.37. The second-order valence-electron chi connectivity index (χ2n) is 7.67. The van der Waals surface area contributed by atoms with Gasteiger partial charge in [-0.15, -0.1) is 0 Å². The Morgan fingerprint density at radius 3 is 2.50 bits per heavy atom. The van der Waals surface area contributed by atoms with Crippen LogP contribution in [0.2, 0.25) is 0 Å². The van der Waals surface area contributed by atoms with Gasteiger partial charge in [-0.3, -0.25) is 9.59 Å². The summed E-state index contributed by atoms with van der Waals surface area (Å²) >= 11 is 0. The van der Waals surface area contributed by atoms with Crippen molar-refractivity contribution in [1.82, 2.24) is 4.90 Å². The largest absolute Gasteiger partial charge is 0.448 e. The molecule has 2 aliphatic heterocycles. The van der Waals surface area contributed by atoms with Gasteiger partial charge in [0.2, 0.25) is 0 Å². The summed E-state index contributed by atoms with van der Waals surface area (Å²) in [5.74, 6) is 0.396. The zero-order valence-corrected chi connectivity index (χ0v) is 13.0. The lowest BCUT2D eigenvalue weighted by Crippen LogP contribution is -2.56. The normalized spacial score (nSPS) is 42.7. The monoisotopic (exact) mass is 279 g/mol. The molecule has 3 aliphatic rings. The summed E-state index contributed by atoms with van der Waals surface area (Å²) in [4.78, 5) is 27.2. The summed E-state index contributed by atoms with van der Waals surface area (Å²) in [6.45, 7) is 9.78. The third-order valence-corrected chi connectivity index (χ3v) is 6.37. The smallest absolute Gasteiger partial charge is 0.313 e. The first kappa shape index (κ1) is 13.9. The Morgan fingerprint density at radius 2 is 2.00 bits per heavy atom. The summed E-state index contributed by atoms with van der Waals surface area (Å²) < 4.78 is 5.69. The van der Waals surface area contributed by atoms with Gasteiger partial charge in [0, 0.05) is 18.5 Å². The van der Waals surface area contributed by atoms with Gasteiger partial charge in [0.05, 0.1) is 5.41 Å². The molecule has 0 radical (unpaired) electrons. The molecule has 0 aromatic rings. The van der Waals surface area contributed by atoms with E-state index >= 15 is 0 Å². The van der Waals surface area contributed by atoms with Crippen molar-refractivity contribution in [3.63, 3.8) is 0 Å². The van der Waals surface area contributed by atoms with Gasteiger partial charge in [-0.25, -0.2) is 0 Å². The molecule has 4 nitrogen and oxygen atoms in total. The van der Waals surface area contributed by atoms with Crippen molar-refractivity contribution in [3.05, 3.63) is 0 Å². The van der Waals surface area contributed by atoms with E-state index in [-0.39, 0.29) is 11.9 Å². The van der Waals surface area contributed by atoms with Crippen LogP contribution >= 0.6 is 0 Å². The number of ether oxygens (including phenoxy) is 1. The van der Waals surface area contributed by atoms with Gasteiger partial charge in [0.15, 0.2) is 5.60 Å². The van der Waals surface area contributed by atoms with E-state index in [1.807, 2.05) is 25.7 Å². The zero-order valence-electron chi connectivity index (χ0n) is 13.0. The molecule has 112 valence electrons. The molecule has 2 bridgehead atoms. The molecule has 0 spiro atoms. The Hall–Kier alpha value is -1.06. The molecule has 20 heavy (non-hydrogen) atoms. The molecule has 1 amide bonds. The van der Waals surface area contributed by atoms with Crippen molar-refractivity contribution in [3.8, 4) is 0 Å². The Morgan fingerprint density at radius 1 is 1.30 bits per heavy atom. The van der Waals surface area contributed by atoms with E-state index in [4.69, 9.17) is 4.74 Å². The predicted molar refractivity (Wildman–Crippen MR) is 74.9 cm³/mol. The van der Waals surface area contributed by atoms with Crippen LogP contribution in [-0.4, -0.2) is 35.5 Å². The fourth-order valence-electron chi connectivity index (χ4n) is 4.35. The number of nitrogens with zero attached hydrogens (tertiary/aromatic N) is 1. The van der Waals surface area contributed by atoms with Crippen LogP contribution in [0.3, 0.4) is 0 Å². The maximum absolute atomic E-state index is 13.1. The van der Waals surface area contributed by atoms with E-state index in [1.54, 1.807) is 0 Å². The minimum absolute atomic E-state index is 0.0450. The zero-order chi connectivity index (χ0) is 14.8. The first-order valence-corrected chi connectivity index (χ1v) is 7.77. The number of hydrogen-bond donors (Lipinski definition) is 0. The predicted octanol–water partition coefficient (Wildman–Crippen LogP) is 2.37. The molecule has 3 fully saturated rings. The van der Waals surface area contributed by atoms with E-state index < -0.39 is 16.4 Å². The average Bonchev–Trinajstić information content (AvgIpc) is 2.68. The van der Waals surface area contributed by atoms with Gasteiger partial charge in [0.25, 0.3) is 5.91 Å². The molecule has 0 unspecified atom stereocenters. The van der Waals surface area contributed by atoms with Crippen LogP contribution in [-0.2, 0) is 14.3 Å². The van der Waals surface area contributed by atoms with Crippen LogP contribution < -0.4 is 0 Å². The van der Waals surface area contributed by atoms with Crippen molar-refractivity contribution in [2.45, 2.75) is 59.0 Å². The molecule has 2 saturated heterocycles. The summed E-state index contributed by atoms with van der Waals surface area (Å²) in [5, 5.41) is 0. The van der Waals surface area contributed by atoms with Crippen molar-refractivity contribution in [1.29, 1.82) is 0 Å². The number of hydrogen-bond acceptors (Lipinski definition) is 3. The molecule has 3 atom stereocenters. The van der Waals surface area contributed by atoms with Crippen LogP contribution in [0.25, 0.3) is 0 Å². The average molecular weight is 279 g/mol. The summed E-state index contributed by atoms with van der Waals surface area (Å²) in [5.41, 5.74) is -1.85. The molecule has 1 aliphatic carbocycles. The number of likely N-dealkylation sites (tertiary alicyclic amines) is 1. The van der Waals surface area contributed by atoms with Gasteiger partial charge < -0.3 is 9.64 Å². The minimum Gasteiger partial charge on any atom is -0.448 e. The maximum atomic E-state index is 13.1. The standard InChI is InChI=1S/C16H25NO3/c1-11-6-5-9-17(10-11)12(18)16-8-7-15(4,13(19)20-16)14(16,2)3/h11H,5-10H2,1-4H3/t11-,15-,16+/m1/s1.